The van der Waals surface area contributed by atoms with Crippen molar-refractivity contribution in [2.45, 2.75) is 6.92 Å². The van der Waals surface area contributed by atoms with E-state index in [4.69, 9.17) is 5.26 Å². The van der Waals surface area contributed by atoms with Crippen LogP contribution in [0.1, 0.15) is 12.5 Å². The van der Waals surface area contributed by atoms with Crippen LogP contribution in [0.5, 0.6) is 0 Å². The Kier molecular flexibility index (Phi) is 4.98. The van der Waals surface area contributed by atoms with E-state index in [2.05, 4.69) is 27.3 Å². The van der Waals surface area contributed by atoms with E-state index < -0.39 is 0 Å². The van der Waals surface area contributed by atoms with Crippen LogP contribution >= 0.6 is 15.9 Å². The average Bonchev–Trinajstić information content (AvgIpc) is 2.35. The lowest BCUT2D eigenvalue weighted by molar-refractivity contribution is -0.119. The standard InChI is InChI=1S/C12H14BrN3O/c1-3-16(8-12(17)15-2)11-6-4-5-10(13)9(11)7-14/h4-6H,3,8H2,1-2H3,(H,15,17). The van der Waals surface area contributed by atoms with Crippen LogP contribution in [0.25, 0.3) is 0 Å². The molecule has 1 N–H and O–H groups in total. The second kappa shape index (κ2) is 6.26. The molecule has 1 amide bonds. The van der Waals surface area contributed by atoms with Gasteiger partial charge in [-0.05, 0) is 35.0 Å². The summed E-state index contributed by atoms with van der Waals surface area (Å²) in [6.45, 7) is 2.86. The number of anilines is 1. The molecule has 0 spiro atoms. The number of benzene rings is 1. The molecule has 1 rings (SSSR count). The number of carbonyl (C=O) groups excluding carboxylic acids is 1. The van der Waals surface area contributed by atoms with E-state index in [0.717, 1.165) is 10.2 Å². The number of halogens is 1. The van der Waals surface area contributed by atoms with E-state index in [1.807, 2.05) is 30.0 Å². The number of likely N-dealkylation sites (N-methyl/N-ethyl adjacent to an activating group) is 2. The van der Waals surface area contributed by atoms with Crippen molar-refractivity contribution in [2.24, 2.45) is 0 Å². The third kappa shape index (κ3) is 3.21. The number of carbonyl (C=O) groups is 1. The number of nitriles is 1. The first-order chi connectivity index (χ1) is 8.13. The molecule has 0 aliphatic carbocycles. The normalized spacial score (nSPS) is 9.53. The summed E-state index contributed by atoms with van der Waals surface area (Å²) >= 11 is 3.34. The first-order valence-corrected chi connectivity index (χ1v) is 6.07. The number of nitrogens with zero attached hydrogens (tertiary/aromatic N) is 2. The number of hydrogen-bond donors (Lipinski definition) is 1. The highest BCUT2D eigenvalue weighted by Crippen LogP contribution is 2.26. The molecule has 0 aromatic heterocycles. The number of nitrogens with one attached hydrogen (secondary N) is 1. The maximum absolute atomic E-state index is 11.4. The minimum Gasteiger partial charge on any atom is -0.361 e. The topological polar surface area (TPSA) is 56.1 Å². The fraction of sp³-hybridized carbons (Fsp3) is 0.333. The SMILES string of the molecule is CCN(CC(=O)NC)c1cccc(Br)c1C#N. The first kappa shape index (κ1) is 13.5. The van der Waals surface area contributed by atoms with Crippen molar-refractivity contribution in [2.75, 3.05) is 25.0 Å². The van der Waals surface area contributed by atoms with Crippen LogP contribution in [-0.2, 0) is 4.79 Å². The molecule has 1 aromatic rings. The van der Waals surface area contributed by atoms with Crippen LogP contribution in [0.3, 0.4) is 0 Å². The Hall–Kier alpha value is -1.54. The molecular weight excluding hydrogens is 282 g/mol. The molecule has 0 heterocycles. The zero-order valence-electron chi connectivity index (χ0n) is 9.83. The van der Waals surface area contributed by atoms with Crippen LogP contribution in [0, 0.1) is 11.3 Å². The third-order valence-corrected chi connectivity index (χ3v) is 3.10. The molecule has 0 fully saturated rings. The van der Waals surface area contributed by atoms with E-state index >= 15 is 0 Å². The number of hydrogen-bond acceptors (Lipinski definition) is 3. The monoisotopic (exact) mass is 295 g/mol. The lowest BCUT2D eigenvalue weighted by Gasteiger charge is -2.23. The Morgan fingerprint density at radius 1 is 1.59 bits per heavy atom. The molecule has 17 heavy (non-hydrogen) atoms. The van der Waals surface area contributed by atoms with E-state index in [0.29, 0.717) is 12.1 Å². The molecule has 0 bridgehead atoms. The van der Waals surface area contributed by atoms with Crippen LogP contribution in [0.2, 0.25) is 0 Å². The molecule has 90 valence electrons. The highest BCUT2D eigenvalue weighted by atomic mass is 79.9. The molecule has 0 unspecified atom stereocenters. The predicted octanol–water partition coefficient (Wildman–Crippen LogP) is 1.89. The molecular formula is C12H14BrN3O. The Morgan fingerprint density at radius 2 is 2.29 bits per heavy atom. The van der Waals surface area contributed by atoms with Crippen LogP contribution < -0.4 is 10.2 Å². The highest BCUT2D eigenvalue weighted by Gasteiger charge is 2.14. The van der Waals surface area contributed by atoms with Gasteiger partial charge in [-0.25, -0.2) is 0 Å². The lowest BCUT2D eigenvalue weighted by Crippen LogP contribution is -2.35. The Bertz CT molecular complexity index is 454. The Balaban J connectivity index is 3.08. The second-order valence-corrected chi connectivity index (χ2v) is 4.29. The quantitative estimate of drug-likeness (QED) is 0.923. The lowest BCUT2D eigenvalue weighted by atomic mass is 10.1. The van der Waals surface area contributed by atoms with Crippen molar-refractivity contribution >= 4 is 27.5 Å². The highest BCUT2D eigenvalue weighted by molar-refractivity contribution is 9.10. The van der Waals surface area contributed by atoms with Gasteiger partial charge in [-0.2, -0.15) is 5.26 Å². The van der Waals surface area contributed by atoms with E-state index in [1.165, 1.54) is 0 Å². The van der Waals surface area contributed by atoms with Crippen molar-refractivity contribution in [3.8, 4) is 6.07 Å². The molecule has 0 aliphatic rings. The van der Waals surface area contributed by atoms with Gasteiger partial charge >= 0.3 is 0 Å². The van der Waals surface area contributed by atoms with Gasteiger partial charge in [-0.3, -0.25) is 4.79 Å². The van der Waals surface area contributed by atoms with E-state index in [9.17, 15) is 4.79 Å². The molecule has 4 nitrogen and oxygen atoms in total. The third-order valence-electron chi connectivity index (χ3n) is 2.44. The molecule has 5 heteroatoms. The van der Waals surface area contributed by atoms with Crippen molar-refractivity contribution in [3.05, 3.63) is 28.2 Å². The molecule has 0 saturated heterocycles. The smallest absolute Gasteiger partial charge is 0.239 e. The van der Waals surface area contributed by atoms with E-state index in [1.54, 1.807) is 7.05 Å². The minimum absolute atomic E-state index is 0.0734. The summed E-state index contributed by atoms with van der Waals surface area (Å²) in [5, 5.41) is 11.7. The number of rotatable bonds is 4. The van der Waals surface area contributed by atoms with Gasteiger partial charge in [-0.15, -0.1) is 0 Å². The average molecular weight is 296 g/mol. The first-order valence-electron chi connectivity index (χ1n) is 5.28. The van der Waals surface area contributed by atoms with Crippen molar-refractivity contribution < 1.29 is 4.79 Å². The summed E-state index contributed by atoms with van der Waals surface area (Å²) in [6.07, 6.45) is 0. The summed E-state index contributed by atoms with van der Waals surface area (Å²) < 4.78 is 0.743. The van der Waals surface area contributed by atoms with Crippen LogP contribution in [0.15, 0.2) is 22.7 Å². The predicted molar refractivity (Wildman–Crippen MR) is 70.8 cm³/mol. The zero-order chi connectivity index (χ0) is 12.8. The summed E-state index contributed by atoms with van der Waals surface area (Å²) in [5.74, 6) is -0.0734. The van der Waals surface area contributed by atoms with Crippen molar-refractivity contribution in [1.82, 2.24) is 5.32 Å². The largest absolute Gasteiger partial charge is 0.361 e. The van der Waals surface area contributed by atoms with Gasteiger partial charge in [0.2, 0.25) is 5.91 Å². The van der Waals surface area contributed by atoms with Gasteiger partial charge in [-0.1, -0.05) is 6.07 Å². The summed E-state index contributed by atoms with van der Waals surface area (Å²) in [6, 6.07) is 7.66. The molecule has 0 radical (unpaired) electrons. The van der Waals surface area contributed by atoms with Gasteiger partial charge in [0.25, 0.3) is 0 Å². The van der Waals surface area contributed by atoms with Gasteiger partial charge in [0.1, 0.15) is 6.07 Å². The Morgan fingerprint density at radius 3 is 2.82 bits per heavy atom. The van der Waals surface area contributed by atoms with E-state index in [-0.39, 0.29) is 12.5 Å². The molecule has 0 saturated carbocycles. The molecule has 1 aromatic carbocycles. The Labute approximate surface area is 109 Å². The summed E-state index contributed by atoms with van der Waals surface area (Å²) in [5.41, 5.74) is 1.33. The summed E-state index contributed by atoms with van der Waals surface area (Å²) in [7, 11) is 1.60. The van der Waals surface area contributed by atoms with Crippen molar-refractivity contribution in [1.29, 1.82) is 5.26 Å². The van der Waals surface area contributed by atoms with Crippen LogP contribution in [-0.4, -0.2) is 26.0 Å². The van der Waals surface area contributed by atoms with Gasteiger partial charge in [0.05, 0.1) is 17.8 Å². The van der Waals surface area contributed by atoms with Crippen molar-refractivity contribution in [3.63, 3.8) is 0 Å². The molecule has 0 atom stereocenters. The summed E-state index contributed by atoms with van der Waals surface area (Å²) in [4.78, 5) is 13.3. The van der Waals surface area contributed by atoms with Crippen LogP contribution in [0.4, 0.5) is 5.69 Å². The fourth-order valence-electron chi connectivity index (χ4n) is 1.51. The molecule has 0 aliphatic heterocycles. The number of amides is 1. The fourth-order valence-corrected chi connectivity index (χ4v) is 1.95. The second-order valence-electron chi connectivity index (χ2n) is 3.43. The maximum atomic E-state index is 11.4. The van der Waals surface area contributed by atoms with Gasteiger partial charge in [0, 0.05) is 18.1 Å². The minimum atomic E-state index is -0.0734. The zero-order valence-corrected chi connectivity index (χ0v) is 11.4. The maximum Gasteiger partial charge on any atom is 0.239 e. The van der Waals surface area contributed by atoms with Gasteiger partial charge in [0.15, 0.2) is 0 Å². The van der Waals surface area contributed by atoms with Gasteiger partial charge < -0.3 is 10.2 Å².